The van der Waals surface area contributed by atoms with Crippen LogP contribution in [0.4, 0.5) is 0 Å². The minimum atomic E-state index is -0.281. The average molecular weight is 406 g/mol. The van der Waals surface area contributed by atoms with Crippen LogP contribution in [-0.4, -0.2) is 58.0 Å². The minimum Gasteiger partial charge on any atom is -0.459 e. The third-order valence-corrected chi connectivity index (χ3v) is 6.98. The Labute approximate surface area is 172 Å². The molecule has 3 saturated heterocycles. The van der Waals surface area contributed by atoms with Gasteiger partial charge in [0.2, 0.25) is 0 Å². The Kier molecular flexibility index (Phi) is 3.80. The van der Waals surface area contributed by atoms with Gasteiger partial charge in [0, 0.05) is 30.5 Å². The van der Waals surface area contributed by atoms with E-state index in [9.17, 15) is 9.59 Å². The average Bonchev–Trinajstić information content (AvgIpc) is 3.56. The normalized spacial score (nSPS) is 29.5. The van der Waals surface area contributed by atoms with Crippen molar-refractivity contribution in [3.8, 4) is 0 Å². The van der Waals surface area contributed by atoms with Gasteiger partial charge in [0.15, 0.2) is 5.76 Å². The zero-order valence-corrected chi connectivity index (χ0v) is 16.3. The summed E-state index contributed by atoms with van der Waals surface area (Å²) in [5.74, 6) is 0.592. The lowest BCUT2D eigenvalue weighted by Gasteiger charge is -2.29. The number of rotatable bonds is 4. The third-order valence-electron chi connectivity index (χ3n) is 6.98. The van der Waals surface area contributed by atoms with Crippen molar-refractivity contribution in [1.29, 1.82) is 0 Å². The van der Waals surface area contributed by atoms with Crippen LogP contribution in [0.15, 0.2) is 47.3 Å². The first kappa shape index (κ1) is 17.7. The summed E-state index contributed by atoms with van der Waals surface area (Å²) in [6.07, 6.45) is 5.22. The van der Waals surface area contributed by atoms with Gasteiger partial charge in [-0.3, -0.25) is 9.59 Å². The lowest BCUT2D eigenvalue weighted by atomic mass is 9.73. The number of benzene rings is 1. The number of ether oxygens (including phenoxy) is 1. The molecule has 5 heterocycles. The molecule has 3 aliphatic rings. The lowest BCUT2D eigenvalue weighted by molar-refractivity contribution is 0.00286. The van der Waals surface area contributed by atoms with E-state index in [4.69, 9.17) is 9.15 Å². The number of furan rings is 1. The summed E-state index contributed by atoms with van der Waals surface area (Å²) in [6, 6.07) is 8.86. The number of hydrogen-bond acceptors (Lipinski definition) is 5. The summed E-state index contributed by atoms with van der Waals surface area (Å²) < 4.78 is 11.7. The summed E-state index contributed by atoms with van der Waals surface area (Å²) >= 11 is 0. The van der Waals surface area contributed by atoms with Crippen molar-refractivity contribution in [2.45, 2.75) is 24.5 Å². The maximum atomic E-state index is 12.8. The molecule has 4 atom stereocenters. The number of amides is 2. The number of fused-ring (bicyclic) bond motifs is 2. The molecule has 0 aliphatic carbocycles. The molecule has 2 aromatic heterocycles. The van der Waals surface area contributed by atoms with Gasteiger partial charge in [-0.15, -0.1) is 0 Å². The largest absolute Gasteiger partial charge is 0.459 e. The predicted octanol–water partition coefficient (Wildman–Crippen LogP) is 2.21. The second-order valence-corrected chi connectivity index (χ2v) is 8.54. The first-order valence-electron chi connectivity index (χ1n) is 10.3. The van der Waals surface area contributed by atoms with E-state index in [2.05, 4.69) is 15.3 Å². The molecule has 2 N–H and O–H groups in total. The molecule has 154 valence electrons. The van der Waals surface area contributed by atoms with Crippen LogP contribution in [0.25, 0.3) is 11.0 Å². The second-order valence-electron chi connectivity index (χ2n) is 8.54. The van der Waals surface area contributed by atoms with Crippen molar-refractivity contribution in [3.63, 3.8) is 0 Å². The Morgan fingerprint density at radius 3 is 3.13 bits per heavy atom. The van der Waals surface area contributed by atoms with Crippen LogP contribution in [0.5, 0.6) is 0 Å². The van der Waals surface area contributed by atoms with E-state index in [1.807, 2.05) is 17.0 Å². The van der Waals surface area contributed by atoms with Crippen molar-refractivity contribution in [2.75, 3.05) is 19.6 Å². The molecule has 8 heteroatoms. The molecule has 1 spiro atoms. The van der Waals surface area contributed by atoms with Gasteiger partial charge in [-0.05, 0) is 43.2 Å². The van der Waals surface area contributed by atoms with Gasteiger partial charge in [0.1, 0.15) is 0 Å². The topological polar surface area (TPSA) is 100 Å². The van der Waals surface area contributed by atoms with Gasteiger partial charge in [0.05, 0.1) is 41.9 Å². The van der Waals surface area contributed by atoms with Gasteiger partial charge >= 0.3 is 0 Å². The minimum absolute atomic E-state index is 0.0912. The molecule has 0 unspecified atom stereocenters. The molecule has 3 aromatic rings. The number of nitrogens with one attached hydrogen (secondary N) is 2. The summed E-state index contributed by atoms with van der Waals surface area (Å²) in [6.45, 7) is 1.77. The zero-order chi connectivity index (χ0) is 20.3. The van der Waals surface area contributed by atoms with Crippen LogP contribution < -0.4 is 5.32 Å². The fraction of sp³-hybridized carbons (Fsp3) is 0.409. The number of carbonyl (C=O) groups is 2. The van der Waals surface area contributed by atoms with E-state index in [0.29, 0.717) is 31.0 Å². The SMILES string of the molecule is O=C(NC[C@H]1[C@H]2CN(C(=O)c3ccco3)C[C@]23CC[C@H]1O3)c1ccc2nc[nH]c2c1. The van der Waals surface area contributed by atoms with Gasteiger partial charge in [-0.1, -0.05) is 0 Å². The fourth-order valence-corrected chi connectivity index (χ4v) is 5.56. The first-order valence-corrected chi connectivity index (χ1v) is 10.3. The van der Waals surface area contributed by atoms with E-state index in [0.717, 1.165) is 23.9 Å². The molecule has 6 rings (SSSR count). The highest BCUT2D eigenvalue weighted by Crippen LogP contribution is 2.54. The number of aromatic amines is 1. The number of H-pyrrole nitrogens is 1. The van der Waals surface area contributed by atoms with Crippen molar-refractivity contribution in [2.24, 2.45) is 11.8 Å². The molecule has 2 amide bonds. The number of imidazole rings is 1. The Morgan fingerprint density at radius 1 is 1.33 bits per heavy atom. The van der Waals surface area contributed by atoms with E-state index >= 15 is 0 Å². The summed E-state index contributed by atoms with van der Waals surface area (Å²) in [7, 11) is 0. The first-order chi connectivity index (χ1) is 14.6. The number of hydrogen-bond donors (Lipinski definition) is 2. The standard InChI is InChI=1S/C22H22N4O4/c27-20(13-3-4-16-17(8-13)25-12-24-16)23-9-14-15-10-26(21(28)19-2-1-7-29-19)11-22(15)6-5-18(14)30-22/h1-4,7-8,12,14-15,18H,5-6,9-11H2,(H,23,27)(H,24,25)/t14-,15+,18+,22+/m0/s1. The molecule has 2 bridgehead atoms. The molecule has 0 radical (unpaired) electrons. The van der Waals surface area contributed by atoms with Gasteiger partial charge < -0.3 is 24.4 Å². The number of likely N-dealkylation sites (tertiary alicyclic amines) is 1. The highest BCUT2D eigenvalue weighted by molar-refractivity contribution is 5.97. The molecular weight excluding hydrogens is 384 g/mol. The van der Waals surface area contributed by atoms with Crippen LogP contribution in [0.3, 0.4) is 0 Å². The smallest absolute Gasteiger partial charge is 0.289 e. The van der Waals surface area contributed by atoms with Crippen LogP contribution in [-0.2, 0) is 4.74 Å². The Hall–Kier alpha value is -3.13. The lowest BCUT2D eigenvalue weighted by Crippen LogP contribution is -2.41. The number of aromatic nitrogens is 2. The quantitative estimate of drug-likeness (QED) is 0.692. The van der Waals surface area contributed by atoms with Crippen LogP contribution >= 0.6 is 0 Å². The highest BCUT2D eigenvalue weighted by Gasteiger charge is 2.63. The Morgan fingerprint density at radius 2 is 2.27 bits per heavy atom. The van der Waals surface area contributed by atoms with E-state index < -0.39 is 0 Å². The number of carbonyl (C=O) groups excluding carboxylic acids is 2. The van der Waals surface area contributed by atoms with Gasteiger partial charge in [0.25, 0.3) is 11.8 Å². The van der Waals surface area contributed by atoms with Crippen molar-refractivity contribution in [3.05, 3.63) is 54.2 Å². The molecular formula is C22H22N4O4. The number of nitrogens with zero attached hydrogens (tertiary/aromatic N) is 2. The molecule has 3 aliphatic heterocycles. The van der Waals surface area contributed by atoms with Crippen LogP contribution in [0, 0.1) is 11.8 Å². The molecule has 1 aromatic carbocycles. The van der Waals surface area contributed by atoms with E-state index in [1.54, 1.807) is 24.5 Å². The van der Waals surface area contributed by atoms with Crippen molar-refractivity contribution < 1.29 is 18.7 Å². The van der Waals surface area contributed by atoms with Gasteiger partial charge in [-0.2, -0.15) is 0 Å². The van der Waals surface area contributed by atoms with E-state index in [1.165, 1.54) is 6.26 Å². The fourth-order valence-electron chi connectivity index (χ4n) is 5.56. The van der Waals surface area contributed by atoms with Crippen LogP contribution in [0.1, 0.15) is 33.8 Å². The molecule has 3 fully saturated rings. The monoisotopic (exact) mass is 406 g/mol. The van der Waals surface area contributed by atoms with Gasteiger partial charge in [-0.25, -0.2) is 4.98 Å². The third kappa shape index (κ3) is 2.60. The Bertz CT molecular complexity index is 1120. The second kappa shape index (κ2) is 6.43. The maximum absolute atomic E-state index is 12.8. The predicted molar refractivity (Wildman–Crippen MR) is 107 cm³/mol. The Balaban J connectivity index is 1.16. The zero-order valence-electron chi connectivity index (χ0n) is 16.3. The molecule has 0 saturated carbocycles. The molecule has 30 heavy (non-hydrogen) atoms. The van der Waals surface area contributed by atoms with Crippen LogP contribution in [0.2, 0.25) is 0 Å². The molecule has 8 nitrogen and oxygen atoms in total. The summed E-state index contributed by atoms with van der Waals surface area (Å²) in [5, 5.41) is 3.09. The van der Waals surface area contributed by atoms with E-state index in [-0.39, 0.29) is 35.4 Å². The summed E-state index contributed by atoms with van der Waals surface area (Å²) in [4.78, 5) is 34.5. The highest BCUT2D eigenvalue weighted by atomic mass is 16.5. The van der Waals surface area contributed by atoms with Crippen molar-refractivity contribution >= 4 is 22.8 Å². The summed E-state index contributed by atoms with van der Waals surface area (Å²) in [5.41, 5.74) is 2.00. The maximum Gasteiger partial charge on any atom is 0.289 e. The van der Waals surface area contributed by atoms with Crippen molar-refractivity contribution in [1.82, 2.24) is 20.2 Å².